The molecule has 0 amide bonds. The van der Waals surface area contributed by atoms with E-state index >= 15 is 0 Å². The Bertz CT molecular complexity index is 378. The van der Waals surface area contributed by atoms with Crippen molar-refractivity contribution in [1.29, 1.82) is 0 Å². The van der Waals surface area contributed by atoms with Gasteiger partial charge in [0.2, 0.25) is 0 Å². The molecule has 0 spiro atoms. The first-order valence-corrected chi connectivity index (χ1v) is 5.21. The number of rotatable bonds is 1. The number of aryl methyl sites for hydroxylation is 1. The topological polar surface area (TPSA) is 54.9 Å². The molecule has 1 fully saturated rings. The Morgan fingerprint density at radius 1 is 1.47 bits per heavy atom. The van der Waals surface area contributed by atoms with Crippen molar-refractivity contribution in [3.05, 3.63) is 23.8 Å². The first-order valence-electron chi connectivity index (χ1n) is 5.21. The van der Waals surface area contributed by atoms with Gasteiger partial charge >= 0.3 is 0 Å². The summed E-state index contributed by atoms with van der Waals surface area (Å²) in [6, 6.07) is 0.301. The largest absolute Gasteiger partial charge is 0.305 e. The molecule has 0 bridgehead atoms. The highest BCUT2D eigenvalue weighted by Gasteiger charge is 2.26. The maximum atomic E-state index is 11.5. The molecule has 1 aliphatic heterocycles. The van der Waals surface area contributed by atoms with Gasteiger partial charge in [0, 0.05) is 25.1 Å². The second kappa shape index (κ2) is 4.06. The standard InChI is InChI=1S/C11H15N3O/c1-7-5-12-6-13-11(7)10-4-9(15)3-8(2)14-10/h5-6,8,10,14H,3-4H2,1-2H3. The van der Waals surface area contributed by atoms with Crippen molar-refractivity contribution >= 4 is 5.78 Å². The second-order valence-electron chi connectivity index (χ2n) is 4.16. The summed E-state index contributed by atoms with van der Waals surface area (Å²) >= 11 is 0. The minimum absolute atomic E-state index is 0.0595. The molecular formula is C11H15N3O. The lowest BCUT2D eigenvalue weighted by molar-refractivity contribution is -0.121. The molecule has 2 rings (SSSR count). The van der Waals surface area contributed by atoms with E-state index < -0.39 is 0 Å². The molecule has 1 aliphatic rings. The molecular weight excluding hydrogens is 190 g/mol. The van der Waals surface area contributed by atoms with Gasteiger partial charge in [0.1, 0.15) is 12.1 Å². The molecule has 2 atom stereocenters. The number of piperidine rings is 1. The van der Waals surface area contributed by atoms with Crippen LogP contribution in [0.1, 0.15) is 37.1 Å². The number of hydrogen-bond donors (Lipinski definition) is 1. The Morgan fingerprint density at radius 3 is 2.93 bits per heavy atom. The molecule has 4 heteroatoms. The zero-order valence-corrected chi connectivity index (χ0v) is 9.03. The number of hydrogen-bond acceptors (Lipinski definition) is 4. The summed E-state index contributed by atoms with van der Waals surface area (Å²) in [6.07, 6.45) is 4.49. The molecule has 4 nitrogen and oxygen atoms in total. The van der Waals surface area contributed by atoms with E-state index in [9.17, 15) is 4.79 Å². The van der Waals surface area contributed by atoms with Crippen LogP contribution in [0.15, 0.2) is 12.5 Å². The number of nitrogens with zero attached hydrogens (tertiary/aromatic N) is 2. The zero-order chi connectivity index (χ0) is 10.8. The molecule has 0 saturated carbocycles. The van der Waals surface area contributed by atoms with Crippen LogP contribution in [0, 0.1) is 6.92 Å². The van der Waals surface area contributed by atoms with Gasteiger partial charge in [-0.2, -0.15) is 0 Å². The monoisotopic (exact) mass is 205 g/mol. The van der Waals surface area contributed by atoms with Crippen LogP contribution in [0.3, 0.4) is 0 Å². The molecule has 2 heterocycles. The molecule has 0 radical (unpaired) electrons. The van der Waals surface area contributed by atoms with E-state index in [1.807, 2.05) is 13.8 Å². The average Bonchev–Trinajstić information content (AvgIpc) is 2.16. The van der Waals surface area contributed by atoms with Crippen molar-refractivity contribution < 1.29 is 4.79 Å². The fourth-order valence-electron chi connectivity index (χ4n) is 2.06. The van der Waals surface area contributed by atoms with E-state index in [0.29, 0.717) is 18.6 Å². The highest BCUT2D eigenvalue weighted by molar-refractivity contribution is 5.80. The maximum Gasteiger partial charge on any atom is 0.136 e. The molecule has 0 aromatic carbocycles. The first-order chi connectivity index (χ1) is 7.16. The molecule has 1 saturated heterocycles. The van der Waals surface area contributed by atoms with Crippen LogP contribution in [0.2, 0.25) is 0 Å². The number of nitrogens with one attached hydrogen (secondary N) is 1. The van der Waals surface area contributed by atoms with Gasteiger partial charge in [0.25, 0.3) is 0 Å². The van der Waals surface area contributed by atoms with Gasteiger partial charge in [-0.3, -0.25) is 4.79 Å². The Balaban J connectivity index is 2.23. The molecule has 1 aromatic heterocycles. The van der Waals surface area contributed by atoms with Gasteiger partial charge in [-0.1, -0.05) is 0 Å². The van der Waals surface area contributed by atoms with Crippen molar-refractivity contribution in [3.8, 4) is 0 Å². The molecule has 2 unspecified atom stereocenters. The summed E-state index contributed by atoms with van der Waals surface area (Å²) in [6.45, 7) is 4.00. The van der Waals surface area contributed by atoms with Crippen LogP contribution in [0.4, 0.5) is 0 Å². The zero-order valence-electron chi connectivity index (χ0n) is 9.03. The van der Waals surface area contributed by atoms with E-state index in [2.05, 4.69) is 15.3 Å². The lowest BCUT2D eigenvalue weighted by atomic mass is 9.94. The quantitative estimate of drug-likeness (QED) is 0.747. The summed E-state index contributed by atoms with van der Waals surface area (Å²) in [5, 5.41) is 3.39. The highest BCUT2D eigenvalue weighted by atomic mass is 16.1. The van der Waals surface area contributed by atoms with Crippen molar-refractivity contribution in [3.63, 3.8) is 0 Å². The molecule has 0 aliphatic carbocycles. The van der Waals surface area contributed by atoms with Crippen LogP contribution < -0.4 is 5.32 Å². The first kappa shape index (κ1) is 10.2. The summed E-state index contributed by atoms with van der Waals surface area (Å²) in [5.74, 6) is 0.310. The summed E-state index contributed by atoms with van der Waals surface area (Å²) in [5.41, 5.74) is 1.99. The van der Waals surface area contributed by atoms with Crippen LogP contribution in [-0.2, 0) is 4.79 Å². The van der Waals surface area contributed by atoms with Crippen LogP contribution >= 0.6 is 0 Å². The number of Topliss-reactive ketones (excluding diaryl/α,β-unsaturated/α-hetero) is 1. The third-order valence-corrected chi connectivity index (χ3v) is 2.72. The molecule has 1 aromatic rings. The predicted octanol–water partition coefficient (Wildman–Crippen LogP) is 1.17. The highest BCUT2D eigenvalue weighted by Crippen LogP contribution is 2.23. The number of ketones is 1. The summed E-state index contributed by atoms with van der Waals surface area (Å²) in [7, 11) is 0. The summed E-state index contributed by atoms with van der Waals surface area (Å²) in [4.78, 5) is 19.7. The van der Waals surface area contributed by atoms with Gasteiger partial charge in [0.05, 0.1) is 11.7 Å². The minimum Gasteiger partial charge on any atom is -0.305 e. The van der Waals surface area contributed by atoms with E-state index in [0.717, 1.165) is 11.3 Å². The average molecular weight is 205 g/mol. The van der Waals surface area contributed by atoms with Gasteiger partial charge in [-0.15, -0.1) is 0 Å². The van der Waals surface area contributed by atoms with Gasteiger partial charge in [-0.25, -0.2) is 9.97 Å². The number of carbonyl (C=O) groups excluding carboxylic acids is 1. The number of carbonyl (C=O) groups is 1. The normalized spacial score (nSPS) is 26.7. The van der Waals surface area contributed by atoms with Gasteiger partial charge < -0.3 is 5.32 Å². The Labute approximate surface area is 89.1 Å². The van der Waals surface area contributed by atoms with Gasteiger partial charge in [-0.05, 0) is 19.4 Å². The predicted molar refractivity (Wildman–Crippen MR) is 56.3 cm³/mol. The second-order valence-corrected chi connectivity index (χ2v) is 4.16. The Morgan fingerprint density at radius 2 is 2.27 bits per heavy atom. The third kappa shape index (κ3) is 2.21. The maximum absolute atomic E-state index is 11.5. The smallest absolute Gasteiger partial charge is 0.136 e. The van der Waals surface area contributed by atoms with Crippen molar-refractivity contribution in [2.24, 2.45) is 0 Å². The third-order valence-electron chi connectivity index (χ3n) is 2.72. The summed E-state index contributed by atoms with van der Waals surface area (Å²) < 4.78 is 0. The van der Waals surface area contributed by atoms with Crippen LogP contribution in [0.25, 0.3) is 0 Å². The lowest BCUT2D eigenvalue weighted by Crippen LogP contribution is -2.39. The SMILES string of the molecule is Cc1cncnc1C1CC(=O)CC(C)N1. The van der Waals surface area contributed by atoms with E-state index in [-0.39, 0.29) is 12.1 Å². The minimum atomic E-state index is 0.0595. The van der Waals surface area contributed by atoms with Crippen molar-refractivity contribution in [1.82, 2.24) is 15.3 Å². The van der Waals surface area contributed by atoms with Crippen LogP contribution in [-0.4, -0.2) is 21.8 Å². The Kier molecular flexibility index (Phi) is 2.77. The van der Waals surface area contributed by atoms with Crippen molar-refractivity contribution in [2.45, 2.75) is 38.8 Å². The van der Waals surface area contributed by atoms with Gasteiger partial charge in [0.15, 0.2) is 0 Å². The molecule has 80 valence electrons. The molecule has 1 N–H and O–H groups in total. The number of aromatic nitrogens is 2. The van der Waals surface area contributed by atoms with Crippen LogP contribution in [0.5, 0.6) is 0 Å². The van der Waals surface area contributed by atoms with Crippen molar-refractivity contribution in [2.75, 3.05) is 0 Å². The molecule has 15 heavy (non-hydrogen) atoms. The fraction of sp³-hybridized carbons (Fsp3) is 0.545. The van der Waals surface area contributed by atoms with E-state index in [1.54, 1.807) is 6.20 Å². The van der Waals surface area contributed by atoms with E-state index in [1.165, 1.54) is 6.33 Å². The lowest BCUT2D eigenvalue weighted by Gasteiger charge is -2.28. The van der Waals surface area contributed by atoms with E-state index in [4.69, 9.17) is 0 Å². The fourth-order valence-corrected chi connectivity index (χ4v) is 2.06. The Hall–Kier alpha value is -1.29.